The van der Waals surface area contributed by atoms with Crippen LogP contribution in [0.15, 0.2) is 12.1 Å². The van der Waals surface area contributed by atoms with Crippen molar-refractivity contribution in [3.05, 3.63) is 17.8 Å². The summed E-state index contributed by atoms with van der Waals surface area (Å²) in [6, 6.07) is 3.95. The quantitative estimate of drug-likeness (QED) is 0.808. The van der Waals surface area contributed by atoms with E-state index < -0.39 is 0 Å². The van der Waals surface area contributed by atoms with E-state index in [2.05, 4.69) is 24.1 Å². The van der Waals surface area contributed by atoms with Gasteiger partial charge in [-0.05, 0) is 63.7 Å². The molecule has 1 aromatic rings. The number of pyridine rings is 1. The van der Waals surface area contributed by atoms with E-state index in [1.54, 1.807) is 0 Å². The molecule has 0 amide bonds. The van der Waals surface area contributed by atoms with E-state index in [1.807, 2.05) is 31.0 Å². The molecule has 0 aliphatic heterocycles. The number of ether oxygens (including phenoxy) is 1. The normalized spacial score (nSPS) is 20.9. The number of hydrogen-bond acceptors (Lipinski definition) is 3. The second-order valence-corrected chi connectivity index (χ2v) is 6.78. The van der Waals surface area contributed by atoms with Crippen molar-refractivity contribution < 1.29 is 4.74 Å². The predicted octanol–water partition coefficient (Wildman–Crippen LogP) is 4.39. The number of aryl methyl sites for hydroxylation is 1. The molecule has 23 heavy (non-hydrogen) atoms. The molecule has 0 spiro atoms. The highest BCUT2D eigenvalue weighted by Gasteiger charge is 2.21. The lowest BCUT2D eigenvalue weighted by Gasteiger charge is -2.28. The third-order valence-electron chi connectivity index (χ3n) is 4.78. The van der Waals surface area contributed by atoms with Gasteiger partial charge in [0.2, 0.25) is 5.88 Å². The molecule has 1 saturated carbocycles. The van der Waals surface area contributed by atoms with E-state index in [4.69, 9.17) is 17.0 Å². The number of thiocarbonyl (C=S) groups is 1. The van der Waals surface area contributed by atoms with Crippen LogP contribution >= 0.6 is 12.2 Å². The first kappa shape index (κ1) is 18.0. The summed E-state index contributed by atoms with van der Waals surface area (Å²) in [6.45, 7) is 7.21. The lowest BCUT2D eigenvalue weighted by atomic mass is 9.86. The minimum Gasteiger partial charge on any atom is -0.474 e. The Bertz CT molecular complexity index is 527. The van der Waals surface area contributed by atoms with Gasteiger partial charge in [0.25, 0.3) is 0 Å². The first-order valence-corrected chi connectivity index (χ1v) is 9.10. The van der Waals surface area contributed by atoms with Crippen LogP contribution in [0.5, 0.6) is 5.88 Å². The fraction of sp³-hybridized carbons (Fsp3) is 0.667. The first-order chi connectivity index (χ1) is 11.0. The number of anilines is 1. The minimum atomic E-state index is 0.316. The Morgan fingerprint density at radius 1 is 1.30 bits per heavy atom. The maximum absolute atomic E-state index is 6.08. The van der Waals surface area contributed by atoms with Gasteiger partial charge in [-0.15, -0.1) is 0 Å². The number of nitrogens with one attached hydrogen (secondary N) is 1. The summed E-state index contributed by atoms with van der Waals surface area (Å²) in [5, 5.41) is 3.96. The van der Waals surface area contributed by atoms with Gasteiger partial charge < -0.3 is 15.0 Å². The largest absolute Gasteiger partial charge is 0.474 e. The van der Waals surface area contributed by atoms with Gasteiger partial charge in [-0.25, -0.2) is 4.98 Å². The van der Waals surface area contributed by atoms with Crippen molar-refractivity contribution in [3.8, 4) is 5.88 Å². The van der Waals surface area contributed by atoms with Crippen molar-refractivity contribution in [2.75, 3.05) is 18.9 Å². The summed E-state index contributed by atoms with van der Waals surface area (Å²) < 4.78 is 6.08. The summed E-state index contributed by atoms with van der Waals surface area (Å²) >= 11 is 5.36. The highest BCUT2D eigenvalue weighted by Crippen LogP contribution is 2.29. The molecule has 2 rings (SSSR count). The highest BCUT2D eigenvalue weighted by molar-refractivity contribution is 7.80. The van der Waals surface area contributed by atoms with Crippen LogP contribution in [-0.4, -0.2) is 34.7 Å². The Kier molecular flexibility index (Phi) is 6.63. The molecule has 0 radical (unpaired) electrons. The van der Waals surface area contributed by atoms with Gasteiger partial charge in [0, 0.05) is 19.7 Å². The zero-order chi connectivity index (χ0) is 16.8. The smallest absolute Gasteiger partial charge is 0.213 e. The second kappa shape index (κ2) is 8.48. The lowest BCUT2D eigenvalue weighted by molar-refractivity contribution is 0.124. The van der Waals surface area contributed by atoms with E-state index in [0.717, 1.165) is 42.6 Å². The third-order valence-corrected chi connectivity index (χ3v) is 5.20. The summed E-state index contributed by atoms with van der Waals surface area (Å²) in [4.78, 5) is 6.57. The van der Waals surface area contributed by atoms with Gasteiger partial charge in [0.15, 0.2) is 5.11 Å². The monoisotopic (exact) mass is 335 g/mol. The molecule has 0 unspecified atom stereocenters. The van der Waals surface area contributed by atoms with Gasteiger partial charge in [-0.2, -0.15) is 0 Å². The third kappa shape index (κ3) is 5.06. The molecule has 5 heteroatoms. The Morgan fingerprint density at radius 2 is 2.00 bits per heavy atom. The highest BCUT2D eigenvalue weighted by atomic mass is 32.1. The zero-order valence-electron chi connectivity index (χ0n) is 14.8. The van der Waals surface area contributed by atoms with Crippen LogP contribution in [0.2, 0.25) is 0 Å². The van der Waals surface area contributed by atoms with Gasteiger partial charge in [-0.3, -0.25) is 0 Å². The number of hydrogen-bond donors (Lipinski definition) is 1. The molecule has 0 atom stereocenters. The van der Waals surface area contributed by atoms with Gasteiger partial charge in [0.1, 0.15) is 6.10 Å². The van der Waals surface area contributed by atoms with Crippen LogP contribution in [0.3, 0.4) is 0 Å². The molecule has 1 aromatic heterocycles. The van der Waals surface area contributed by atoms with E-state index >= 15 is 0 Å². The predicted molar refractivity (Wildman–Crippen MR) is 100 cm³/mol. The molecule has 1 aliphatic rings. The number of nitrogens with zero attached hydrogens (tertiary/aromatic N) is 2. The minimum absolute atomic E-state index is 0.316. The van der Waals surface area contributed by atoms with Crippen molar-refractivity contribution in [1.29, 1.82) is 0 Å². The SMILES string of the molecule is CCC1CCC(Oc2ccc(NC(=S)N(C)CC)c(C)n2)CC1. The van der Waals surface area contributed by atoms with Crippen molar-refractivity contribution in [3.63, 3.8) is 0 Å². The zero-order valence-corrected chi connectivity index (χ0v) is 15.6. The van der Waals surface area contributed by atoms with Gasteiger partial charge >= 0.3 is 0 Å². The molecule has 0 bridgehead atoms. The molecule has 1 fully saturated rings. The van der Waals surface area contributed by atoms with Crippen LogP contribution < -0.4 is 10.1 Å². The lowest BCUT2D eigenvalue weighted by Crippen LogP contribution is -2.31. The molecule has 0 saturated heterocycles. The Labute approximate surface area is 145 Å². The molecule has 1 heterocycles. The van der Waals surface area contributed by atoms with Crippen molar-refractivity contribution >= 4 is 23.0 Å². The van der Waals surface area contributed by atoms with E-state index in [9.17, 15) is 0 Å². The molecule has 128 valence electrons. The molecule has 0 aromatic carbocycles. The summed E-state index contributed by atoms with van der Waals surface area (Å²) in [6.07, 6.45) is 6.44. The topological polar surface area (TPSA) is 37.4 Å². The van der Waals surface area contributed by atoms with Gasteiger partial charge in [-0.1, -0.05) is 13.3 Å². The molecule has 4 nitrogen and oxygen atoms in total. The van der Waals surface area contributed by atoms with Crippen LogP contribution in [0.4, 0.5) is 5.69 Å². The Hall–Kier alpha value is -1.36. The fourth-order valence-corrected chi connectivity index (χ4v) is 3.16. The molecule has 1 aliphatic carbocycles. The van der Waals surface area contributed by atoms with E-state index in [0.29, 0.717) is 11.2 Å². The van der Waals surface area contributed by atoms with E-state index in [1.165, 1.54) is 19.3 Å². The number of rotatable bonds is 5. The van der Waals surface area contributed by atoms with Crippen molar-refractivity contribution in [2.24, 2.45) is 5.92 Å². The Morgan fingerprint density at radius 3 is 2.57 bits per heavy atom. The molecule has 1 N–H and O–H groups in total. The summed E-state index contributed by atoms with van der Waals surface area (Å²) in [7, 11) is 1.97. The summed E-state index contributed by atoms with van der Waals surface area (Å²) in [5.41, 5.74) is 1.86. The van der Waals surface area contributed by atoms with Crippen molar-refractivity contribution in [2.45, 2.75) is 59.0 Å². The fourth-order valence-electron chi connectivity index (χ4n) is 2.92. The van der Waals surface area contributed by atoms with Crippen LogP contribution in [0.25, 0.3) is 0 Å². The van der Waals surface area contributed by atoms with Crippen LogP contribution in [-0.2, 0) is 0 Å². The molecular formula is C18H29N3OS. The first-order valence-electron chi connectivity index (χ1n) is 8.69. The van der Waals surface area contributed by atoms with Gasteiger partial charge in [0.05, 0.1) is 11.4 Å². The Balaban J connectivity index is 1.93. The average molecular weight is 336 g/mol. The second-order valence-electron chi connectivity index (χ2n) is 6.40. The maximum atomic E-state index is 6.08. The van der Waals surface area contributed by atoms with Crippen LogP contribution in [0, 0.1) is 12.8 Å². The standard InChI is InChI=1S/C18H29N3OS/c1-5-14-7-9-15(10-8-14)22-17-12-11-16(13(3)19-17)20-18(23)21(4)6-2/h11-12,14-15H,5-10H2,1-4H3,(H,20,23). The average Bonchev–Trinajstić information content (AvgIpc) is 2.57. The van der Waals surface area contributed by atoms with Crippen molar-refractivity contribution in [1.82, 2.24) is 9.88 Å². The summed E-state index contributed by atoms with van der Waals surface area (Å²) in [5.74, 6) is 1.61. The maximum Gasteiger partial charge on any atom is 0.213 e. The number of aromatic nitrogens is 1. The van der Waals surface area contributed by atoms with E-state index in [-0.39, 0.29) is 0 Å². The van der Waals surface area contributed by atoms with Crippen LogP contribution in [0.1, 0.15) is 51.6 Å². The molecular weight excluding hydrogens is 306 g/mol.